The lowest BCUT2D eigenvalue weighted by Gasteiger charge is -2.12. The van der Waals surface area contributed by atoms with Gasteiger partial charge in [-0.05, 0) is 42.0 Å². The van der Waals surface area contributed by atoms with Gasteiger partial charge in [0.25, 0.3) is 5.91 Å². The van der Waals surface area contributed by atoms with Gasteiger partial charge < -0.3 is 16.0 Å². The second-order valence-corrected chi connectivity index (χ2v) is 10.4. The Bertz CT molecular complexity index is 1580. The van der Waals surface area contributed by atoms with E-state index in [1.165, 1.54) is 0 Å². The van der Waals surface area contributed by atoms with Crippen molar-refractivity contribution in [2.45, 2.75) is 23.4 Å². The van der Waals surface area contributed by atoms with Gasteiger partial charge in [0.1, 0.15) is 27.6 Å². The minimum atomic E-state index is -5.01. The Morgan fingerprint density at radius 3 is 2.00 bits per heavy atom. The number of carbonyl (C=O) groups excluding carboxylic acids is 3. The quantitative estimate of drug-likeness (QED) is 0.205. The van der Waals surface area contributed by atoms with Crippen LogP contribution in [0.1, 0.15) is 34.3 Å². The molecule has 3 aromatic rings. The van der Waals surface area contributed by atoms with E-state index in [9.17, 15) is 45.1 Å². The lowest BCUT2D eigenvalue weighted by molar-refractivity contribution is -0.140. The Morgan fingerprint density at radius 1 is 0.780 bits per heavy atom. The molecule has 1 aliphatic rings. The maximum absolute atomic E-state index is 14.5. The van der Waals surface area contributed by atoms with E-state index in [4.69, 9.17) is 23.2 Å². The molecule has 6 nitrogen and oxygen atoms in total. The third kappa shape index (κ3) is 6.25. The molecule has 3 N–H and O–H groups in total. The Labute approximate surface area is 236 Å². The number of hydrogen-bond donors (Lipinski definition) is 3. The molecule has 0 aliphatic heterocycles. The Hall–Kier alpha value is -3.84. The van der Waals surface area contributed by atoms with Crippen molar-refractivity contribution in [3.05, 3.63) is 88.5 Å². The van der Waals surface area contributed by atoms with Crippen molar-refractivity contribution >= 4 is 58.0 Å². The van der Waals surface area contributed by atoms with Crippen LogP contribution in [0.25, 0.3) is 0 Å². The highest BCUT2D eigenvalue weighted by Crippen LogP contribution is 2.65. The largest absolute Gasteiger partial charge is 0.419 e. The van der Waals surface area contributed by atoms with E-state index in [1.54, 1.807) is 0 Å². The molecule has 1 aliphatic carbocycles. The molecule has 0 saturated heterocycles. The van der Waals surface area contributed by atoms with Gasteiger partial charge in [0.2, 0.25) is 11.8 Å². The average Bonchev–Trinajstić information content (AvgIpc) is 3.44. The number of rotatable bonds is 6. The molecule has 3 aromatic carbocycles. The summed E-state index contributed by atoms with van der Waals surface area (Å²) in [6.07, 6.45) is -5.01. The smallest absolute Gasteiger partial charge is 0.326 e. The Balaban J connectivity index is 1.53. The van der Waals surface area contributed by atoms with E-state index in [0.717, 1.165) is 37.3 Å². The number of benzene rings is 3. The van der Waals surface area contributed by atoms with Crippen LogP contribution in [0.4, 0.5) is 47.8 Å². The molecule has 0 bridgehead atoms. The fraction of sp³-hybridized carbons (Fsp3) is 0.192. The molecule has 0 radical (unpaired) electrons. The number of amides is 3. The van der Waals surface area contributed by atoms with Gasteiger partial charge in [0.15, 0.2) is 0 Å². The SMILES string of the molecule is CC(=O)Nc1cc(NC(=O)c2cc(NC(=O)[C@H]3[C@H](c4ccc(F)c(C(F)(F)F)c4)C3(Cl)Cl)ccc2F)c(F)cc1F. The van der Waals surface area contributed by atoms with Gasteiger partial charge in [-0.3, -0.25) is 14.4 Å². The summed E-state index contributed by atoms with van der Waals surface area (Å²) in [5.41, 5.74) is -3.62. The number of carbonyl (C=O) groups is 3. The van der Waals surface area contributed by atoms with Crippen molar-refractivity contribution in [1.82, 2.24) is 0 Å². The Kier molecular flexibility index (Phi) is 7.98. The highest BCUT2D eigenvalue weighted by Gasteiger charge is 2.67. The van der Waals surface area contributed by atoms with Crippen LogP contribution in [0.5, 0.6) is 0 Å². The first-order chi connectivity index (χ1) is 19.0. The number of nitrogens with one attached hydrogen (secondary N) is 3. The summed E-state index contributed by atoms with van der Waals surface area (Å²) in [5, 5.41) is 6.47. The second-order valence-electron chi connectivity index (χ2n) is 9.00. The highest BCUT2D eigenvalue weighted by molar-refractivity contribution is 6.53. The molecule has 0 spiro atoms. The zero-order valence-electron chi connectivity index (χ0n) is 20.4. The van der Waals surface area contributed by atoms with E-state index in [-0.39, 0.29) is 11.3 Å². The van der Waals surface area contributed by atoms with Crippen LogP contribution in [0.2, 0.25) is 0 Å². The first kappa shape index (κ1) is 30.1. The van der Waals surface area contributed by atoms with Gasteiger partial charge in [0, 0.05) is 24.6 Å². The van der Waals surface area contributed by atoms with Crippen molar-refractivity contribution in [2.24, 2.45) is 5.92 Å². The van der Waals surface area contributed by atoms with Crippen molar-refractivity contribution in [2.75, 3.05) is 16.0 Å². The molecule has 3 amide bonds. The van der Waals surface area contributed by atoms with Crippen LogP contribution in [0.15, 0.2) is 48.5 Å². The topological polar surface area (TPSA) is 87.3 Å². The fourth-order valence-electron chi connectivity index (χ4n) is 4.14. The molecule has 15 heteroatoms. The van der Waals surface area contributed by atoms with Gasteiger partial charge >= 0.3 is 6.18 Å². The summed E-state index contributed by atoms with van der Waals surface area (Å²) in [6.45, 7) is 1.07. The normalized spacial score (nSPS) is 17.5. The van der Waals surface area contributed by atoms with Crippen LogP contribution in [-0.4, -0.2) is 22.1 Å². The van der Waals surface area contributed by atoms with Crippen LogP contribution >= 0.6 is 23.2 Å². The molecule has 0 aromatic heterocycles. The summed E-state index contributed by atoms with van der Waals surface area (Å²) in [6, 6.07) is 5.97. The zero-order valence-corrected chi connectivity index (χ0v) is 21.9. The lowest BCUT2D eigenvalue weighted by Crippen LogP contribution is -2.19. The third-order valence-corrected chi connectivity index (χ3v) is 7.03. The summed E-state index contributed by atoms with van der Waals surface area (Å²) >= 11 is 12.3. The van der Waals surface area contributed by atoms with Gasteiger partial charge in [0.05, 0.1) is 28.4 Å². The predicted octanol–water partition coefficient (Wildman–Crippen LogP) is 7.00. The van der Waals surface area contributed by atoms with Crippen molar-refractivity contribution < 1.29 is 45.1 Å². The Morgan fingerprint density at radius 2 is 1.39 bits per heavy atom. The molecular weight excluding hydrogens is 606 g/mol. The monoisotopic (exact) mass is 621 g/mol. The second kappa shape index (κ2) is 10.9. The molecule has 2 atom stereocenters. The van der Waals surface area contributed by atoms with E-state index in [2.05, 4.69) is 10.6 Å². The van der Waals surface area contributed by atoms with Crippen molar-refractivity contribution in [1.29, 1.82) is 0 Å². The van der Waals surface area contributed by atoms with Crippen molar-refractivity contribution in [3.8, 4) is 0 Å². The summed E-state index contributed by atoms with van der Waals surface area (Å²) < 4.78 is 93.8. The van der Waals surface area contributed by atoms with E-state index < -0.39 is 85.8 Å². The number of hydrogen-bond acceptors (Lipinski definition) is 3. The van der Waals surface area contributed by atoms with E-state index >= 15 is 0 Å². The van der Waals surface area contributed by atoms with Gasteiger partial charge in [-0.15, -0.1) is 23.2 Å². The summed E-state index contributed by atoms with van der Waals surface area (Å²) in [4.78, 5) is 36.8. The van der Waals surface area contributed by atoms with Gasteiger partial charge in [-0.25, -0.2) is 17.6 Å². The predicted molar refractivity (Wildman–Crippen MR) is 136 cm³/mol. The summed E-state index contributed by atoms with van der Waals surface area (Å²) in [7, 11) is 0. The van der Waals surface area contributed by atoms with E-state index in [1.807, 2.05) is 5.32 Å². The number of alkyl halides is 5. The van der Waals surface area contributed by atoms with E-state index in [0.29, 0.717) is 18.2 Å². The molecular formula is C26H16Cl2F7N3O3. The van der Waals surface area contributed by atoms with Gasteiger partial charge in [-0.2, -0.15) is 13.2 Å². The number of anilines is 3. The minimum Gasteiger partial charge on any atom is -0.326 e. The first-order valence-electron chi connectivity index (χ1n) is 11.4. The van der Waals surface area contributed by atoms with Crippen LogP contribution < -0.4 is 16.0 Å². The van der Waals surface area contributed by atoms with Gasteiger partial charge in [-0.1, -0.05) is 6.07 Å². The lowest BCUT2D eigenvalue weighted by atomic mass is 10.0. The molecule has 0 unspecified atom stereocenters. The zero-order chi connectivity index (χ0) is 30.4. The average molecular weight is 622 g/mol. The molecule has 41 heavy (non-hydrogen) atoms. The van der Waals surface area contributed by atoms with Crippen LogP contribution in [0, 0.1) is 29.2 Å². The molecule has 4 rings (SSSR count). The molecule has 1 fully saturated rings. The van der Waals surface area contributed by atoms with Crippen molar-refractivity contribution in [3.63, 3.8) is 0 Å². The number of halogens is 9. The molecule has 216 valence electrons. The standard InChI is InChI=1S/C26H16Cl2F7N3O3/c1-10(39)36-19-9-20(18(32)8-17(19)31)38-23(40)13-7-12(3-5-15(13)29)37-24(41)22-21(25(22,27)28)11-2-4-16(30)14(6-11)26(33,34)35/h2-9,21-22H,1H3,(H,36,39)(H,37,41)(H,38,40)/t21-,22+/m0/s1. The van der Waals surface area contributed by atoms with Crippen LogP contribution in [0.3, 0.4) is 0 Å². The maximum Gasteiger partial charge on any atom is 0.419 e. The highest BCUT2D eigenvalue weighted by atomic mass is 35.5. The fourth-order valence-corrected chi connectivity index (χ4v) is 4.97. The summed E-state index contributed by atoms with van der Waals surface area (Å²) in [5.74, 6) is -10.2. The third-order valence-electron chi connectivity index (χ3n) is 6.09. The van der Waals surface area contributed by atoms with Crippen LogP contribution in [-0.2, 0) is 15.8 Å². The molecule has 0 heterocycles. The maximum atomic E-state index is 14.5. The molecule has 1 saturated carbocycles. The first-order valence-corrected chi connectivity index (χ1v) is 12.2. The minimum absolute atomic E-state index is 0.150.